The van der Waals surface area contributed by atoms with Crippen LogP contribution in [0.5, 0.6) is 0 Å². The summed E-state index contributed by atoms with van der Waals surface area (Å²) >= 11 is 0. The minimum Gasteiger partial charge on any atom is -0.465 e. The summed E-state index contributed by atoms with van der Waals surface area (Å²) < 4.78 is 5.39. The van der Waals surface area contributed by atoms with E-state index in [-0.39, 0.29) is 25.6 Å². The van der Waals surface area contributed by atoms with Crippen molar-refractivity contribution in [2.24, 2.45) is 0 Å². The van der Waals surface area contributed by atoms with Gasteiger partial charge in [-0.15, -0.1) is 0 Å². The second kappa shape index (κ2) is 7.89. The smallest absolute Gasteiger partial charge is 0.410 e. The number of amides is 2. The van der Waals surface area contributed by atoms with E-state index in [9.17, 15) is 19.8 Å². The first-order valence-electron chi connectivity index (χ1n) is 10.5. The summed E-state index contributed by atoms with van der Waals surface area (Å²) in [5.41, 5.74) is 3.70. The monoisotopic (exact) mass is 424 g/mol. The van der Waals surface area contributed by atoms with E-state index in [2.05, 4.69) is 0 Å². The van der Waals surface area contributed by atoms with Crippen LogP contribution in [0.25, 0.3) is 11.1 Å². The second-order valence-corrected chi connectivity index (χ2v) is 9.18. The van der Waals surface area contributed by atoms with Gasteiger partial charge < -0.3 is 19.8 Å². The number of benzene rings is 2. The van der Waals surface area contributed by atoms with Gasteiger partial charge >= 0.3 is 12.2 Å². The van der Waals surface area contributed by atoms with Crippen molar-refractivity contribution < 1.29 is 24.5 Å². The molecule has 1 aliphatic heterocycles. The van der Waals surface area contributed by atoms with Gasteiger partial charge in [0.15, 0.2) is 0 Å². The van der Waals surface area contributed by atoms with Gasteiger partial charge in [-0.2, -0.15) is 0 Å². The molecule has 2 atom stereocenters. The highest BCUT2D eigenvalue weighted by atomic mass is 16.6. The summed E-state index contributed by atoms with van der Waals surface area (Å²) in [5.74, 6) is -0.133. The van der Waals surface area contributed by atoms with Crippen LogP contribution in [-0.4, -0.2) is 69.6 Å². The SMILES string of the molecule is CC(C)(C)OC(=O)N1C[C@@H](N(CC2c3ccccc3-c3ccccc32)C(=O)O)[C@@H](O)C1. The summed E-state index contributed by atoms with van der Waals surface area (Å²) in [6, 6.07) is 15.3. The molecule has 164 valence electrons. The van der Waals surface area contributed by atoms with E-state index in [0.717, 1.165) is 22.3 Å². The van der Waals surface area contributed by atoms with Gasteiger partial charge in [0.25, 0.3) is 0 Å². The number of aliphatic hydroxyl groups is 1. The number of carbonyl (C=O) groups excluding carboxylic acids is 1. The molecule has 0 aromatic heterocycles. The van der Waals surface area contributed by atoms with Crippen molar-refractivity contribution in [2.75, 3.05) is 19.6 Å². The third-order valence-corrected chi connectivity index (χ3v) is 5.90. The van der Waals surface area contributed by atoms with Gasteiger partial charge in [0.1, 0.15) is 5.60 Å². The van der Waals surface area contributed by atoms with Crippen LogP contribution >= 0.6 is 0 Å². The molecule has 31 heavy (non-hydrogen) atoms. The van der Waals surface area contributed by atoms with Crippen molar-refractivity contribution >= 4 is 12.2 Å². The zero-order valence-electron chi connectivity index (χ0n) is 18.0. The standard InChI is InChI=1S/C24H28N2O5/c1-24(2,3)31-23(30)25-13-20(21(27)14-25)26(22(28)29)12-19-17-10-6-4-8-15(17)16-9-5-7-11-18(16)19/h4-11,19-21,27H,12-14H2,1-3H3,(H,28,29)/t20-,21+/m1/s1. The molecule has 0 saturated carbocycles. The number of aliphatic hydroxyl groups excluding tert-OH is 1. The molecule has 4 rings (SSSR count). The minimum absolute atomic E-state index is 0.0429. The Labute approximate surface area is 181 Å². The molecular formula is C24H28N2O5. The molecule has 2 aromatic rings. The lowest BCUT2D eigenvalue weighted by molar-refractivity contribution is 0.0268. The Morgan fingerprint density at radius 1 is 1.03 bits per heavy atom. The number of ether oxygens (including phenoxy) is 1. The van der Waals surface area contributed by atoms with E-state index in [1.165, 1.54) is 9.80 Å². The van der Waals surface area contributed by atoms with Crippen molar-refractivity contribution in [3.05, 3.63) is 59.7 Å². The predicted octanol–water partition coefficient (Wildman–Crippen LogP) is 3.76. The molecule has 0 unspecified atom stereocenters. The Bertz CT molecular complexity index is 954. The molecule has 0 bridgehead atoms. The molecule has 7 nitrogen and oxygen atoms in total. The van der Waals surface area contributed by atoms with E-state index in [0.29, 0.717) is 0 Å². The average molecular weight is 424 g/mol. The Balaban J connectivity index is 1.58. The third-order valence-electron chi connectivity index (χ3n) is 5.90. The van der Waals surface area contributed by atoms with Gasteiger partial charge in [-0.25, -0.2) is 9.59 Å². The zero-order chi connectivity index (χ0) is 22.3. The van der Waals surface area contributed by atoms with Crippen molar-refractivity contribution in [1.82, 2.24) is 9.80 Å². The number of carboxylic acid groups (broad SMARTS) is 1. The molecule has 0 spiro atoms. The van der Waals surface area contributed by atoms with Crippen molar-refractivity contribution in [3.63, 3.8) is 0 Å². The van der Waals surface area contributed by atoms with Crippen LogP contribution < -0.4 is 0 Å². The Hall–Kier alpha value is -3.06. The molecule has 2 amide bonds. The quantitative estimate of drug-likeness (QED) is 0.783. The number of likely N-dealkylation sites (tertiary alicyclic amines) is 1. The highest BCUT2D eigenvalue weighted by Crippen LogP contribution is 2.45. The van der Waals surface area contributed by atoms with E-state index < -0.39 is 29.9 Å². The average Bonchev–Trinajstić information content (AvgIpc) is 3.23. The Morgan fingerprint density at radius 3 is 2.10 bits per heavy atom. The van der Waals surface area contributed by atoms with Crippen LogP contribution in [0.15, 0.2) is 48.5 Å². The highest BCUT2D eigenvalue weighted by Gasteiger charge is 2.43. The zero-order valence-corrected chi connectivity index (χ0v) is 18.0. The Kier molecular flexibility index (Phi) is 5.39. The van der Waals surface area contributed by atoms with Crippen LogP contribution in [0.1, 0.15) is 37.8 Å². The molecule has 0 radical (unpaired) electrons. The molecule has 2 N–H and O–H groups in total. The number of hydrogen-bond acceptors (Lipinski definition) is 4. The number of carbonyl (C=O) groups is 2. The molecule has 7 heteroatoms. The molecular weight excluding hydrogens is 396 g/mol. The lowest BCUT2D eigenvalue weighted by Gasteiger charge is -2.31. The number of hydrogen-bond donors (Lipinski definition) is 2. The first-order valence-corrected chi connectivity index (χ1v) is 10.5. The molecule has 1 fully saturated rings. The number of rotatable bonds is 3. The maximum atomic E-state index is 12.4. The van der Waals surface area contributed by atoms with Crippen molar-refractivity contribution in [3.8, 4) is 11.1 Å². The van der Waals surface area contributed by atoms with Crippen LogP contribution in [0.2, 0.25) is 0 Å². The fourth-order valence-electron chi connectivity index (χ4n) is 4.56. The summed E-state index contributed by atoms with van der Waals surface area (Å²) in [5, 5.41) is 20.6. The summed E-state index contributed by atoms with van der Waals surface area (Å²) in [6.45, 7) is 5.65. The number of nitrogens with zero attached hydrogens (tertiary/aromatic N) is 2. The summed E-state index contributed by atoms with van der Waals surface area (Å²) in [7, 11) is 0. The van der Waals surface area contributed by atoms with Crippen LogP contribution in [0.3, 0.4) is 0 Å². The van der Waals surface area contributed by atoms with Crippen molar-refractivity contribution in [1.29, 1.82) is 0 Å². The van der Waals surface area contributed by atoms with E-state index in [4.69, 9.17) is 4.74 Å². The summed E-state index contributed by atoms with van der Waals surface area (Å²) in [6.07, 6.45) is -2.64. The molecule has 2 aromatic carbocycles. The van der Waals surface area contributed by atoms with Crippen LogP contribution in [0, 0.1) is 0 Å². The van der Waals surface area contributed by atoms with Gasteiger partial charge in [-0.05, 0) is 43.0 Å². The van der Waals surface area contributed by atoms with E-state index in [1.807, 2.05) is 48.5 Å². The third kappa shape index (κ3) is 4.10. The van der Waals surface area contributed by atoms with E-state index in [1.54, 1.807) is 20.8 Å². The summed E-state index contributed by atoms with van der Waals surface area (Å²) in [4.78, 5) is 27.3. The topological polar surface area (TPSA) is 90.3 Å². The minimum atomic E-state index is -1.11. The van der Waals surface area contributed by atoms with Gasteiger partial charge in [-0.3, -0.25) is 4.90 Å². The van der Waals surface area contributed by atoms with Gasteiger partial charge in [0.05, 0.1) is 18.7 Å². The van der Waals surface area contributed by atoms with Gasteiger partial charge in [0, 0.05) is 19.0 Å². The van der Waals surface area contributed by atoms with Crippen LogP contribution in [-0.2, 0) is 4.74 Å². The first kappa shape index (κ1) is 21.2. The predicted molar refractivity (Wildman–Crippen MR) is 116 cm³/mol. The lowest BCUT2D eigenvalue weighted by atomic mass is 9.95. The molecule has 2 aliphatic rings. The number of β-amino-alcohol motifs (C(OH)–C–C–N with tert-alkyl or cyclic N) is 1. The highest BCUT2D eigenvalue weighted by molar-refractivity contribution is 5.79. The Morgan fingerprint density at radius 2 is 1.58 bits per heavy atom. The fraction of sp³-hybridized carbons (Fsp3) is 0.417. The first-order chi connectivity index (χ1) is 14.7. The van der Waals surface area contributed by atoms with Crippen molar-refractivity contribution in [2.45, 2.75) is 44.4 Å². The largest absolute Gasteiger partial charge is 0.465 e. The molecule has 1 heterocycles. The molecule has 1 saturated heterocycles. The fourth-order valence-corrected chi connectivity index (χ4v) is 4.56. The molecule has 1 aliphatic carbocycles. The van der Waals surface area contributed by atoms with E-state index >= 15 is 0 Å². The maximum absolute atomic E-state index is 12.4. The lowest BCUT2D eigenvalue weighted by Crippen LogP contribution is -2.48. The normalized spacial score (nSPS) is 20.3. The van der Waals surface area contributed by atoms with Crippen LogP contribution in [0.4, 0.5) is 9.59 Å². The maximum Gasteiger partial charge on any atom is 0.410 e. The van der Waals surface area contributed by atoms with Gasteiger partial charge in [-0.1, -0.05) is 48.5 Å². The number of fused-ring (bicyclic) bond motifs is 3. The second-order valence-electron chi connectivity index (χ2n) is 9.18. The van der Waals surface area contributed by atoms with Gasteiger partial charge in [0.2, 0.25) is 0 Å².